The first-order valence-corrected chi connectivity index (χ1v) is 5.86. The van der Waals surface area contributed by atoms with E-state index in [1.165, 1.54) is 25.0 Å². The lowest BCUT2D eigenvalue weighted by atomic mass is 10.2. The van der Waals surface area contributed by atoms with Crippen molar-refractivity contribution in [1.29, 1.82) is 0 Å². The van der Waals surface area contributed by atoms with E-state index < -0.39 is 0 Å². The fourth-order valence-electron chi connectivity index (χ4n) is 1.38. The largest absolute Gasteiger partial charge is 0.396 e. The molecule has 1 amide bonds. The Balaban J connectivity index is 2.09. The predicted molar refractivity (Wildman–Crippen MR) is 65.9 cm³/mol. The predicted octanol–water partition coefficient (Wildman–Crippen LogP) is 2.72. The van der Waals surface area contributed by atoms with E-state index in [0.29, 0.717) is 27.2 Å². The number of rotatable bonds is 3. The van der Waals surface area contributed by atoms with Gasteiger partial charge in [0.2, 0.25) is 0 Å². The van der Waals surface area contributed by atoms with Crippen LogP contribution in [-0.4, -0.2) is 12.5 Å². The maximum atomic E-state index is 11.7. The molecule has 0 aliphatic heterocycles. The van der Waals surface area contributed by atoms with Gasteiger partial charge in [-0.05, 0) is 30.9 Å². The Kier molecular flexibility index (Phi) is 3.26. The monoisotopic (exact) mass is 258 g/mol. The summed E-state index contributed by atoms with van der Waals surface area (Å²) in [4.78, 5) is 11.7. The second-order valence-corrected chi connectivity index (χ2v) is 4.82. The van der Waals surface area contributed by atoms with Gasteiger partial charge in [0, 0.05) is 12.1 Å². The van der Waals surface area contributed by atoms with Crippen molar-refractivity contribution in [3.8, 4) is 0 Å². The van der Waals surface area contributed by atoms with E-state index in [1.807, 2.05) is 0 Å². The van der Waals surface area contributed by atoms with E-state index in [9.17, 15) is 4.79 Å². The molecule has 1 saturated carbocycles. The van der Waals surface area contributed by atoms with Crippen molar-refractivity contribution in [2.75, 3.05) is 12.3 Å². The number of nitrogen functional groups attached to an aromatic ring is 1. The first-order chi connectivity index (χ1) is 7.58. The van der Waals surface area contributed by atoms with Gasteiger partial charge in [-0.2, -0.15) is 0 Å². The Hall–Kier alpha value is -0.930. The zero-order chi connectivity index (χ0) is 11.7. The summed E-state index contributed by atoms with van der Waals surface area (Å²) in [5.74, 6) is 0.486. The minimum atomic E-state index is -0.157. The summed E-state index contributed by atoms with van der Waals surface area (Å²) in [6.45, 7) is 0.721. The topological polar surface area (TPSA) is 55.1 Å². The minimum absolute atomic E-state index is 0.157. The number of carbonyl (C=O) groups excluding carboxylic acids is 1. The molecule has 0 saturated heterocycles. The molecule has 1 fully saturated rings. The van der Waals surface area contributed by atoms with Gasteiger partial charge in [-0.15, -0.1) is 0 Å². The third kappa shape index (κ3) is 2.60. The van der Waals surface area contributed by atoms with Crippen molar-refractivity contribution >= 4 is 34.8 Å². The average Bonchev–Trinajstić information content (AvgIpc) is 3.05. The molecule has 0 aromatic heterocycles. The highest BCUT2D eigenvalue weighted by atomic mass is 35.5. The molecular formula is C11H12Cl2N2O. The average molecular weight is 259 g/mol. The summed E-state index contributed by atoms with van der Waals surface area (Å²) in [5, 5.41) is 3.46. The Morgan fingerprint density at radius 1 is 1.38 bits per heavy atom. The van der Waals surface area contributed by atoms with Crippen molar-refractivity contribution in [3.05, 3.63) is 27.7 Å². The lowest BCUT2D eigenvalue weighted by molar-refractivity contribution is 0.0952. The molecule has 0 radical (unpaired) electrons. The first kappa shape index (κ1) is 11.6. The fourth-order valence-corrected chi connectivity index (χ4v) is 1.86. The highest BCUT2D eigenvalue weighted by Gasteiger charge is 2.22. The first-order valence-electron chi connectivity index (χ1n) is 5.10. The SMILES string of the molecule is Nc1c(Cl)cc(C(=O)NCC2CC2)cc1Cl. The molecule has 86 valence electrons. The van der Waals surface area contributed by atoms with Crippen molar-refractivity contribution in [2.45, 2.75) is 12.8 Å². The van der Waals surface area contributed by atoms with Crippen LogP contribution in [0.1, 0.15) is 23.2 Å². The zero-order valence-corrected chi connectivity index (χ0v) is 10.1. The van der Waals surface area contributed by atoms with Crippen LogP contribution in [0, 0.1) is 5.92 Å². The van der Waals surface area contributed by atoms with Gasteiger partial charge < -0.3 is 11.1 Å². The molecule has 5 heteroatoms. The fraction of sp³-hybridized carbons (Fsp3) is 0.364. The molecule has 0 bridgehead atoms. The zero-order valence-electron chi connectivity index (χ0n) is 8.59. The summed E-state index contributed by atoms with van der Waals surface area (Å²) < 4.78 is 0. The van der Waals surface area contributed by atoms with Crippen molar-refractivity contribution in [3.63, 3.8) is 0 Å². The molecule has 0 spiro atoms. The van der Waals surface area contributed by atoms with Crippen LogP contribution in [0.2, 0.25) is 10.0 Å². The number of amides is 1. The van der Waals surface area contributed by atoms with E-state index in [2.05, 4.69) is 5.32 Å². The Morgan fingerprint density at radius 2 is 1.94 bits per heavy atom. The molecule has 16 heavy (non-hydrogen) atoms. The van der Waals surface area contributed by atoms with Gasteiger partial charge in [0.25, 0.3) is 5.91 Å². The van der Waals surface area contributed by atoms with E-state index in [4.69, 9.17) is 28.9 Å². The van der Waals surface area contributed by atoms with Gasteiger partial charge in [0.1, 0.15) is 0 Å². The Morgan fingerprint density at radius 3 is 2.44 bits per heavy atom. The molecule has 1 aromatic carbocycles. The molecule has 2 rings (SSSR count). The van der Waals surface area contributed by atoms with Crippen LogP contribution in [0.4, 0.5) is 5.69 Å². The third-order valence-corrected chi connectivity index (χ3v) is 3.21. The molecule has 1 aliphatic rings. The summed E-state index contributed by atoms with van der Waals surface area (Å²) in [6, 6.07) is 3.07. The molecule has 0 atom stereocenters. The Bertz CT molecular complexity index is 407. The van der Waals surface area contributed by atoms with Crippen LogP contribution in [0.3, 0.4) is 0 Å². The quantitative estimate of drug-likeness (QED) is 0.820. The van der Waals surface area contributed by atoms with Gasteiger partial charge in [0.05, 0.1) is 15.7 Å². The van der Waals surface area contributed by atoms with Gasteiger partial charge in [0.15, 0.2) is 0 Å². The lowest BCUT2D eigenvalue weighted by Gasteiger charge is -2.07. The Labute approximate surface area is 104 Å². The van der Waals surface area contributed by atoms with Crippen LogP contribution in [0.15, 0.2) is 12.1 Å². The number of hydrogen-bond acceptors (Lipinski definition) is 2. The standard InChI is InChI=1S/C11H12Cl2N2O/c12-8-3-7(4-9(13)10(8)14)11(16)15-5-6-1-2-6/h3-4,6H,1-2,5,14H2,(H,15,16). The van der Waals surface area contributed by atoms with Crippen molar-refractivity contribution < 1.29 is 4.79 Å². The molecule has 0 unspecified atom stereocenters. The van der Waals surface area contributed by atoms with Crippen LogP contribution < -0.4 is 11.1 Å². The van der Waals surface area contributed by atoms with Crippen LogP contribution >= 0.6 is 23.2 Å². The number of carbonyl (C=O) groups is 1. The summed E-state index contributed by atoms with van der Waals surface area (Å²) in [7, 11) is 0. The smallest absolute Gasteiger partial charge is 0.251 e. The van der Waals surface area contributed by atoms with Crippen LogP contribution in [-0.2, 0) is 0 Å². The number of benzene rings is 1. The van der Waals surface area contributed by atoms with Gasteiger partial charge in [-0.3, -0.25) is 4.79 Å². The minimum Gasteiger partial charge on any atom is -0.396 e. The van der Waals surface area contributed by atoms with E-state index in [1.54, 1.807) is 0 Å². The van der Waals surface area contributed by atoms with E-state index in [-0.39, 0.29) is 5.91 Å². The van der Waals surface area contributed by atoms with Crippen LogP contribution in [0.25, 0.3) is 0 Å². The second kappa shape index (κ2) is 4.52. The lowest BCUT2D eigenvalue weighted by Crippen LogP contribution is -2.25. The van der Waals surface area contributed by atoms with E-state index in [0.717, 1.165) is 6.54 Å². The molecule has 1 aliphatic carbocycles. The molecule has 0 heterocycles. The van der Waals surface area contributed by atoms with Gasteiger partial charge in [-0.25, -0.2) is 0 Å². The normalized spacial score (nSPS) is 14.9. The van der Waals surface area contributed by atoms with Gasteiger partial charge in [-0.1, -0.05) is 23.2 Å². The summed E-state index contributed by atoms with van der Waals surface area (Å²) in [5.41, 5.74) is 6.34. The number of halogens is 2. The maximum absolute atomic E-state index is 11.7. The number of hydrogen-bond donors (Lipinski definition) is 2. The number of nitrogens with two attached hydrogens (primary N) is 1. The summed E-state index contributed by atoms with van der Waals surface area (Å²) >= 11 is 11.7. The molecular weight excluding hydrogens is 247 g/mol. The highest BCUT2D eigenvalue weighted by Crippen LogP contribution is 2.29. The number of nitrogens with one attached hydrogen (secondary N) is 1. The molecule has 3 N–H and O–H groups in total. The van der Waals surface area contributed by atoms with Crippen molar-refractivity contribution in [1.82, 2.24) is 5.32 Å². The van der Waals surface area contributed by atoms with E-state index >= 15 is 0 Å². The third-order valence-electron chi connectivity index (χ3n) is 2.59. The molecule has 1 aromatic rings. The molecule has 3 nitrogen and oxygen atoms in total. The van der Waals surface area contributed by atoms with Crippen molar-refractivity contribution in [2.24, 2.45) is 5.92 Å². The maximum Gasteiger partial charge on any atom is 0.251 e. The van der Waals surface area contributed by atoms with Gasteiger partial charge >= 0.3 is 0 Å². The second-order valence-electron chi connectivity index (χ2n) is 4.01. The van der Waals surface area contributed by atoms with Crippen LogP contribution in [0.5, 0.6) is 0 Å². The highest BCUT2D eigenvalue weighted by molar-refractivity contribution is 6.39. The number of anilines is 1. The summed E-state index contributed by atoms with van der Waals surface area (Å²) in [6.07, 6.45) is 2.40.